The van der Waals surface area contributed by atoms with Gasteiger partial charge in [0, 0.05) is 12.1 Å². The number of allylic oxidation sites excluding steroid dienone is 2. The lowest BCUT2D eigenvalue weighted by Gasteiger charge is -2.36. The van der Waals surface area contributed by atoms with Gasteiger partial charge in [-0.3, -0.25) is 4.79 Å². The molecule has 102 valence electrons. The summed E-state index contributed by atoms with van der Waals surface area (Å²) in [6.45, 7) is 2.05. The third kappa shape index (κ3) is 1.54. The van der Waals surface area contributed by atoms with Crippen molar-refractivity contribution in [1.29, 1.82) is 0 Å². The van der Waals surface area contributed by atoms with Crippen molar-refractivity contribution in [2.75, 3.05) is 5.32 Å². The van der Waals surface area contributed by atoms with Gasteiger partial charge >= 0.3 is 0 Å². The summed E-state index contributed by atoms with van der Waals surface area (Å²) in [6, 6.07) is 3.45. The first-order valence-electron chi connectivity index (χ1n) is 6.68. The summed E-state index contributed by atoms with van der Waals surface area (Å²) in [4.78, 5) is 16.7. The Morgan fingerprint density at radius 3 is 3.20 bits per heavy atom. The molecule has 2 aliphatic rings. The summed E-state index contributed by atoms with van der Waals surface area (Å²) < 4.78 is 7.26. The van der Waals surface area contributed by atoms with Gasteiger partial charge in [-0.25, -0.2) is 4.68 Å². The fraction of sp³-hybridized carbons (Fsp3) is 0.357. The number of ketones is 1. The van der Waals surface area contributed by atoms with Gasteiger partial charge in [0.2, 0.25) is 5.95 Å². The van der Waals surface area contributed by atoms with E-state index in [0.29, 0.717) is 12.4 Å². The molecule has 0 radical (unpaired) electrons. The first-order valence-corrected chi connectivity index (χ1v) is 6.68. The van der Waals surface area contributed by atoms with Crippen LogP contribution in [0.2, 0.25) is 0 Å². The standard InChI is InChI=1S/C14H14N4O2/c1-8-5-9-12(10(19)6-8)13(11-3-2-4-20-11)18-14(17-9)15-7-16-18/h2-5,7-8,12-13H,6H2,1H3,(H,15,16,17)/t8-,12+,13+/m0/s1. The van der Waals surface area contributed by atoms with E-state index in [1.807, 2.05) is 19.1 Å². The smallest absolute Gasteiger partial charge is 0.226 e. The van der Waals surface area contributed by atoms with Crippen LogP contribution in [0.25, 0.3) is 0 Å². The van der Waals surface area contributed by atoms with Gasteiger partial charge in [-0.05, 0) is 18.1 Å². The summed E-state index contributed by atoms with van der Waals surface area (Å²) in [5.74, 6) is 1.57. The second kappa shape index (κ2) is 4.06. The highest BCUT2D eigenvalue weighted by Crippen LogP contribution is 2.41. The van der Waals surface area contributed by atoms with Gasteiger partial charge in [-0.2, -0.15) is 10.1 Å². The number of Topliss-reactive ketones (excluding diaryl/α,β-unsaturated/α-hetero) is 1. The number of furan rings is 1. The molecular formula is C14H14N4O2. The van der Waals surface area contributed by atoms with E-state index >= 15 is 0 Å². The Labute approximate surface area is 115 Å². The van der Waals surface area contributed by atoms with Gasteiger partial charge in [0.25, 0.3) is 0 Å². The number of fused-ring (bicyclic) bond motifs is 2. The van der Waals surface area contributed by atoms with E-state index in [0.717, 1.165) is 11.5 Å². The molecular weight excluding hydrogens is 256 g/mol. The minimum atomic E-state index is -0.272. The van der Waals surface area contributed by atoms with Crippen LogP contribution in [0.15, 0.2) is 40.9 Å². The van der Waals surface area contributed by atoms with Gasteiger partial charge in [0.15, 0.2) is 0 Å². The lowest BCUT2D eigenvalue weighted by molar-refractivity contribution is -0.124. The third-order valence-corrected chi connectivity index (χ3v) is 3.91. The van der Waals surface area contributed by atoms with Crippen molar-refractivity contribution in [3.05, 3.63) is 42.3 Å². The van der Waals surface area contributed by atoms with Gasteiger partial charge in [0.1, 0.15) is 23.9 Å². The molecule has 4 rings (SSSR count). The molecule has 0 spiro atoms. The highest BCUT2D eigenvalue weighted by atomic mass is 16.3. The Morgan fingerprint density at radius 1 is 1.50 bits per heavy atom. The van der Waals surface area contributed by atoms with Crippen LogP contribution in [-0.4, -0.2) is 20.5 Å². The maximum Gasteiger partial charge on any atom is 0.226 e. The number of nitrogens with zero attached hydrogens (tertiary/aromatic N) is 3. The average molecular weight is 270 g/mol. The molecule has 0 fully saturated rings. The first kappa shape index (κ1) is 11.5. The number of hydrogen-bond donors (Lipinski definition) is 1. The van der Waals surface area contributed by atoms with Crippen LogP contribution in [0.5, 0.6) is 0 Å². The largest absolute Gasteiger partial charge is 0.467 e. The van der Waals surface area contributed by atoms with E-state index in [-0.39, 0.29) is 23.7 Å². The molecule has 2 aromatic heterocycles. The fourth-order valence-electron chi connectivity index (χ4n) is 3.11. The van der Waals surface area contributed by atoms with Crippen molar-refractivity contribution >= 4 is 11.7 Å². The molecule has 0 bridgehead atoms. The molecule has 1 N–H and O–H groups in total. The van der Waals surface area contributed by atoms with Crippen molar-refractivity contribution in [2.45, 2.75) is 19.4 Å². The summed E-state index contributed by atoms with van der Waals surface area (Å²) in [6.07, 6.45) is 5.77. The normalized spacial score (nSPS) is 28.4. The van der Waals surface area contributed by atoms with Crippen molar-refractivity contribution in [2.24, 2.45) is 11.8 Å². The molecule has 0 amide bonds. The number of carbonyl (C=O) groups excluding carboxylic acids is 1. The number of carbonyl (C=O) groups is 1. The van der Waals surface area contributed by atoms with Gasteiger partial charge in [-0.1, -0.05) is 13.0 Å². The first-order chi connectivity index (χ1) is 9.74. The second-order valence-corrected chi connectivity index (χ2v) is 5.36. The molecule has 1 aliphatic carbocycles. The van der Waals surface area contributed by atoms with Crippen LogP contribution in [0.4, 0.5) is 5.95 Å². The zero-order chi connectivity index (χ0) is 13.7. The highest BCUT2D eigenvalue weighted by molar-refractivity contribution is 5.87. The Morgan fingerprint density at radius 2 is 2.40 bits per heavy atom. The third-order valence-electron chi connectivity index (χ3n) is 3.91. The minimum Gasteiger partial charge on any atom is -0.467 e. The molecule has 6 heteroatoms. The molecule has 20 heavy (non-hydrogen) atoms. The topological polar surface area (TPSA) is 73.0 Å². The Hall–Kier alpha value is -2.37. The Bertz CT molecular complexity index is 686. The molecule has 0 saturated carbocycles. The molecule has 3 heterocycles. The van der Waals surface area contributed by atoms with Crippen LogP contribution in [0, 0.1) is 11.8 Å². The van der Waals surface area contributed by atoms with Crippen molar-refractivity contribution in [1.82, 2.24) is 14.8 Å². The highest BCUT2D eigenvalue weighted by Gasteiger charge is 2.43. The predicted molar refractivity (Wildman–Crippen MR) is 70.9 cm³/mol. The maximum absolute atomic E-state index is 12.5. The SMILES string of the molecule is C[C@H]1C=C2Nc3ncnn3[C@H](c3ccco3)[C@H]2C(=O)C1. The lowest BCUT2D eigenvalue weighted by Crippen LogP contribution is -2.39. The Balaban J connectivity index is 1.90. The van der Waals surface area contributed by atoms with Gasteiger partial charge in [-0.15, -0.1) is 0 Å². The predicted octanol–water partition coefficient (Wildman–Crippen LogP) is 1.99. The van der Waals surface area contributed by atoms with Crippen molar-refractivity contribution in [3.8, 4) is 0 Å². The fourth-order valence-corrected chi connectivity index (χ4v) is 3.11. The van der Waals surface area contributed by atoms with Gasteiger partial charge in [0.05, 0.1) is 12.2 Å². The quantitative estimate of drug-likeness (QED) is 0.858. The van der Waals surface area contributed by atoms with E-state index in [1.54, 1.807) is 10.9 Å². The molecule has 0 aromatic carbocycles. The molecule has 0 saturated heterocycles. The monoisotopic (exact) mass is 270 g/mol. The van der Waals surface area contributed by atoms with E-state index < -0.39 is 0 Å². The molecule has 1 aliphatic heterocycles. The minimum absolute atomic E-state index is 0.213. The van der Waals surface area contributed by atoms with E-state index in [9.17, 15) is 4.79 Å². The van der Waals surface area contributed by atoms with Crippen LogP contribution in [0.1, 0.15) is 25.1 Å². The number of aromatic nitrogens is 3. The molecule has 2 aromatic rings. The van der Waals surface area contributed by atoms with E-state index in [4.69, 9.17) is 4.42 Å². The number of rotatable bonds is 1. The lowest BCUT2D eigenvalue weighted by atomic mass is 9.79. The number of nitrogens with one attached hydrogen (secondary N) is 1. The number of hydrogen-bond acceptors (Lipinski definition) is 5. The van der Waals surface area contributed by atoms with E-state index in [1.165, 1.54) is 6.33 Å². The molecule has 0 unspecified atom stereocenters. The summed E-state index contributed by atoms with van der Waals surface area (Å²) in [5.41, 5.74) is 0.913. The zero-order valence-electron chi connectivity index (χ0n) is 11.0. The van der Waals surface area contributed by atoms with Crippen LogP contribution >= 0.6 is 0 Å². The molecule has 6 nitrogen and oxygen atoms in total. The second-order valence-electron chi connectivity index (χ2n) is 5.36. The van der Waals surface area contributed by atoms with Crippen LogP contribution in [-0.2, 0) is 4.79 Å². The van der Waals surface area contributed by atoms with Crippen molar-refractivity contribution in [3.63, 3.8) is 0 Å². The maximum atomic E-state index is 12.5. The Kier molecular flexibility index (Phi) is 2.33. The zero-order valence-corrected chi connectivity index (χ0v) is 11.0. The van der Waals surface area contributed by atoms with Crippen LogP contribution < -0.4 is 5.32 Å². The summed E-state index contributed by atoms with van der Waals surface area (Å²) >= 11 is 0. The average Bonchev–Trinajstić information content (AvgIpc) is 3.06. The number of anilines is 1. The van der Waals surface area contributed by atoms with Crippen molar-refractivity contribution < 1.29 is 9.21 Å². The molecule has 3 atom stereocenters. The summed E-state index contributed by atoms with van der Waals surface area (Å²) in [7, 11) is 0. The summed E-state index contributed by atoms with van der Waals surface area (Å²) in [5, 5.41) is 7.46. The van der Waals surface area contributed by atoms with Crippen LogP contribution in [0.3, 0.4) is 0 Å². The van der Waals surface area contributed by atoms with Gasteiger partial charge < -0.3 is 9.73 Å². The van der Waals surface area contributed by atoms with E-state index in [2.05, 4.69) is 21.5 Å².